The van der Waals surface area contributed by atoms with E-state index in [2.05, 4.69) is 58.2 Å². The van der Waals surface area contributed by atoms with Gasteiger partial charge in [-0.1, -0.05) is 94.8 Å². The molecule has 1 heterocycles. The predicted molar refractivity (Wildman–Crippen MR) is 382 cm³/mol. The van der Waals surface area contributed by atoms with Crippen molar-refractivity contribution in [2.24, 2.45) is 23.3 Å². The highest BCUT2D eigenvalue weighted by Gasteiger charge is 2.37. The van der Waals surface area contributed by atoms with Crippen molar-refractivity contribution >= 4 is 111 Å². The van der Waals surface area contributed by atoms with Crippen LogP contribution in [0, 0.1) is 11.8 Å². The van der Waals surface area contributed by atoms with Gasteiger partial charge in [0.1, 0.15) is 60.1 Å². The van der Waals surface area contributed by atoms with Gasteiger partial charge in [-0.25, -0.2) is 4.79 Å². The summed E-state index contributed by atoms with van der Waals surface area (Å²) in [4.78, 5) is 181. The van der Waals surface area contributed by atoms with E-state index in [1.165, 1.54) is 47.8 Å². The summed E-state index contributed by atoms with van der Waals surface area (Å²) in [5, 5.41) is 66.2. The molecular weight excluding hydrogens is 1350 g/mol. The van der Waals surface area contributed by atoms with Crippen molar-refractivity contribution in [2.75, 3.05) is 37.1 Å². The molecule has 0 saturated heterocycles. The number of nitrogens with two attached hydrogens (primary N) is 2. The number of aromatic nitrogens is 1. The van der Waals surface area contributed by atoms with E-state index < -0.39 is 176 Å². The Morgan fingerprint density at radius 2 is 0.960 bits per heavy atom. The summed E-state index contributed by atoms with van der Waals surface area (Å²) in [5.41, 5.74) is 14.2. The number of H-pyrrole nitrogens is 1. The number of aromatic hydroxyl groups is 1. The fourth-order valence-electron chi connectivity index (χ4n) is 10.7. The van der Waals surface area contributed by atoms with Gasteiger partial charge in [0.25, 0.3) is 0 Å². The summed E-state index contributed by atoms with van der Waals surface area (Å²) < 4.78 is 0. The Morgan fingerprint density at radius 1 is 0.495 bits per heavy atom. The zero-order valence-corrected chi connectivity index (χ0v) is 59.4. The van der Waals surface area contributed by atoms with Gasteiger partial charge in [0.2, 0.25) is 59.1 Å². The summed E-state index contributed by atoms with van der Waals surface area (Å²) in [7, 11) is 0. The van der Waals surface area contributed by atoms with Gasteiger partial charge in [-0.2, -0.15) is 23.5 Å². The average molecular weight is 1450 g/mol. The van der Waals surface area contributed by atoms with Crippen molar-refractivity contribution in [1.29, 1.82) is 0 Å². The number of nitrogens with one attached hydrogen (secondary N) is 11. The molecule has 0 aliphatic heterocycles. The summed E-state index contributed by atoms with van der Waals surface area (Å²) >= 11 is 2.74. The predicted octanol–water partition coefficient (Wildman–Crippen LogP) is 1.25. The van der Waals surface area contributed by atoms with Crippen LogP contribution in [0.25, 0.3) is 10.9 Å². The van der Waals surface area contributed by atoms with Crippen molar-refractivity contribution < 1.29 is 82.8 Å². The van der Waals surface area contributed by atoms with Crippen molar-refractivity contribution in [3.63, 3.8) is 0 Å². The maximum absolute atomic E-state index is 14.7. The summed E-state index contributed by atoms with van der Waals surface area (Å²) in [6, 6.07) is 7.33. The Labute approximate surface area is 595 Å². The Kier molecular flexibility index (Phi) is 36.7. The second-order valence-corrected chi connectivity index (χ2v) is 27.0. The lowest BCUT2D eigenvalue weighted by molar-refractivity contribution is -0.143. The maximum atomic E-state index is 14.7. The molecule has 10 amide bonds. The van der Waals surface area contributed by atoms with E-state index in [0.717, 1.165) is 0 Å². The topological polar surface area (TPSA) is 491 Å². The maximum Gasteiger partial charge on any atom is 0.326 e. The van der Waals surface area contributed by atoms with Crippen LogP contribution in [0.15, 0.2) is 85.1 Å². The van der Waals surface area contributed by atoms with Gasteiger partial charge in [-0.15, -0.1) is 0 Å². The third-order valence-electron chi connectivity index (χ3n) is 16.6. The molecule has 0 radical (unpaired) electrons. The molecule has 4 aromatic rings. The lowest BCUT2D eigenvalue weighted by Crippen LogP contribution is -2.60. The van der Waals surface area contributed by atoms with Gasteiger partial charge in [-0.05, 0) is 129 Å². The van der Waals surface area contributed by atoms with E-state index in [1.54, 1.807) is 94.7 Å². The minimum atomic E-state index is -1.76. The van der Waals surface area contributed by atoms with Crippen LogP contribution in [0.4, 0.5) is 0 Å². The number of benzene rings is 3. The van der Waals surface area contributed by atoms with E-state index in [-0.39, 0.29) is 62.5 Å². The standard InChI is InChI=1S/C69H99N13O17S2/c1-7-40(4)59(68(97)80-53(34-41-15-9-8-10-16-41)65(94)81-55(69(98)99)33-39(2)3)82-67(96)52(35-42-20-22-44(83)23-21-42)74-56(84)38-73-61(90)51(29-32-101-6)78-64(93)49(24-26-57(85)86)76-63(92)50(25-27-58(87)88)77-66(95)54(36-43-37-72-47-18-12-11-17-45(43)47)79-62(91)48(19-13-14-30-70)75-60(89)46(71)28-31-100-5/h8-12,15-18,20-23,37,39-40,46,48-55,59,72,83H,7,13-14,19,24-36,38,70-71H2,1-6H3,(H,73,90)(H,74,84)(H,75,89)(H,76,92)(H,77,95)(H,78,93)(H,79,91)(H,80,97)(H,81,94)(H,82,96)(H,85,86)(H,87,88)(H,98,99)/t40-,46-,48-,49-,50-,51-,52-,53-,54-,55-,59-/m0/s1. The lowest BCUT2D eigenvalue weighted by Gasteiger charge is -2.29. The van der Waals surface area contributed by atoms with E-state index in [1.807, 2.05) is 6.26 Å². The summed E-state index contributed by atoms with van der Waals surface area (Å²) in [6.07, 6.45) is 3.66. The van der Waals surface area contributed by atoms with Crippen molar-refractivity contribution in [3.05, 3.63) is 102 Å². The molecule has 3 aromatic carbocycles. The third kappa shape index (κ3) is 29.8. The lowest BCUT2D eigenvalue weighted by atomic mass is 9.96. The monoisotopic (exact) mass is 1450 g/mol. The molecule has 19 N–H and O–H groups in total. The number of aliphatic carboxylic acids is 3. The van der Waals surface area contributed by atoms with E-state index >= 15 is 0 Å². The number of rotatable bonds is 47. The van der Waals surface area contributed by atoms with Crippen LogP contribution >= 0.6 is 23.5 Å². The second kappa shape index (κ2) is 44.1. The molecule has 0 bridgehead atoms. The Bertz CT molecular complexity index is 3420. The fraction of sp³-hybridized carbons (Fsp3) is 0.522. The second-order valence-electron chi connectivity index (χ2n) is 25.0. The number of carbonyl (C=O) groups excluding carboxylic acids is 10. The molecule has 554 valence electrons. The molecule has 0 unspecified atom stereocenters. The average Bonchev–Trinajstić information content (AvgIpc) is 1.75. The first kappa shape index (κ1) is 84.1. The highest BCUT2D eigenvalue weighted by Crippen LogP contribution is 2.21. The number of phenolic OH excluding ortho intramolecular Hbond substituents is 1. The molecule has 11 atom stereocenters. The number of amides is 10. The molecular formula is C69H99N13O17S2. The SMILES string of the molecule is CC[C@H](C)[C@H](NC(=O)[C@H](Cc1ccc(O)cc1)NC(=O)CNC(=O)[C@H](CCSC)NC(=O)[C@H](CCC(=O)O)NC(=O)[C@H](CCC(=O)O)NC(=O)[C@H](Cc1c[nH]c2ccccc12)NC(=O)[C@H](CCCCN)NC(=O)[C@@H](N)CCSC)C(=O)N[C@@H](Cc1ccccc1)C(=O)N[C@@H](CC(C)C)C(=O)O. The molecule has 32 heteroatoms. The zero-order valence-electron chi connectivity index (χ0n) is 57.8. The number of carboxylic acids is 3. The molecule has 101 heavy (non-hydrogen) atoms. The van der Waals surface area contributed by atoms with Crippen LogP contribution in [0.1, 0.15) is 115 Å². The van der Waals surface area contributed by atoms with Gasteiger partial charge < -0.3 is 90.0 Å². The van der Waals surface area contributed by atoms with Crippen LogP contribution < -0.4 is 64.6 Å². The molecule has 0 aliphatic rings. The van der Waals surface area contributed by atoms with Gasteiger partial charge in [-0.3, -0.25) is 57.5 Å². The Hall–Kier alpha value is -9.27. The van der Waals surface area contributed by atoms with E-state index in [0.29, 0.717) is 59.0 Å². The minimum absolute atomic E-state index is 0.0568. The molecule has 4 rings (SSSR count). The Morgan fingerprint density at radius 3 is 1.50 bits per heavy atom. The van der Waals surface area contributed by atoms with Crippen LogP contribution in [0.3, 0.4) is 0 Å². The summed E-state index contributed by atoms with van der Waals surface area (Å²) in [6.45, 7) is 6.47. The van der Waals surface area contributed by atoms with Crippen LogP contribution in [-0.2, 0) is 81.6 Å². The van der Waals surface area contributed by atoms with Gasteiger partial charge in [0, 0.05) is 49.2 Å². The normalized spacial score (nSPS) is 14.5. The molecule has 1 aromatic heterocycles. The molecule has 30 nitrogen and oxygen atoms in total. The number of hydrogen-bond donors (Lipinski definition) is 17. The first-order valence-corrected chi connectivity index (χ1v) is 36.3. The zero-order chi connectivity index (χ0) is 74.7. The first-order chi connectivity index (χ1) is 48.1. The van der Waals surface area contributed by atoms with Gasteiger partial charge in [0.15, 0.2) is 0 Å². The first-order valence-electron chi connectivity index (χ1n) is 33.5. The number of para-hydroxylation sites is 1. The van der Waals surface area contributed by atoms with Crippen LogP contribution in [0.5, 0.6) is 5.75 Å². The van der Waals surface area contributed by atoms with Gasteiger partial charge in [0.05, 0.1) is 12.6 Å². The number of thioether (sulfide) groups is 2. The van der Waals surface area contributed by atoms with Crippen molar-refractivity contribution in [2.45, 2.75) is 178 Å². The fourth-order valence-corrected chi connectivity index (χ4v) is 11.6. The van der Waals surface area contributed by atoms with Crippen LogP contribution in [-0.4, -0.2) is 200 Å². The van der Waals surface area contributed by atoms with E-state index in [4.69, 9.17) is 11.5 Å². The smallest absolute Gasteiger partial charge is 0.326 e. The number of aromatic amines is 1. The largest absolute Gasteiger partial charge is 0.508 e. The quantitative estimate of drug-likeness (QED) is 0.0277. The number of carbonyl (C=O) groups is 13. The highest BCUT2D eigenvalue weighted by molar-refractivity contribution is 7.98. The number of hydrogen-bond acceptors (Lipinski definition) is 18. The van der Waals surface area contributed by atoms with Crippen molar-refractivity contribution in [1.82, 2.24) is 58.2 Å². The van der Waals surface area contributed by atoms with E-state index in [9.17, 15) is 82.8 Å². The molecule has 0 saturated carbocycles. The molecule has 0 spiro atoms. The van der Waals surface area contributed by atoms with Crippen molar-refractivity contribution in [3.8, 4) is 5.75 Å². The molecule has 0 aliphatic carbocycles. The number of unbranched alkanes of at least 4 members (excludes halogenated alkanes) is 1. The third-order valence-corrected chi connectivity index (χ3v) is 17.9. The van der Waals surface area contributed by atoms with Crippen LogP contribution in [0.2, 0.25) is 0 Å². The number of carboxylic acid groups (broad SMARTS) is 3. The summed E-state index contributed by atoms with van der Waals surface area (Å²) in [5.74, 6) is -13.1. The number of fused-ring (bicyclic) bond motifs is 1. The van der Waals surface area contributed by atoms with Gasteiger partial charge >= 0.3 is 17.9 Å². The molecule has 0 fully saturated rings. The minimum Gasteiger partial charge on any atom is -0.508 e. The Balaban J connectivity index is 1.59. The highest BCUT2D eigenvalue weighted by atomic mass is 32.2. The number of phenols is 1.